The topological polar surface area (TPSA) is 26.3 Å². The number of para-hydroxylation sites is 2. The lowest BCUT2D eigenvalue weighted by molar-refractivity contribution is 0.668. The average molecular weight is 869 g/mol. The van der Waals surface area contributed by atoms with Crippen molar-refractivity contribution >= 4 is 118 Å². The van der Waals surface area contributed by atoms with E-state index in [1.54, 1.807) is 0 Å². The maximum atomic E-state index is 6.29. The molecule has 0 aliphatic carbocycles. The normalized spacial score (nSPS) is 12.2. The predicted molar refractivity (Wildman–Crippen MR) is 286 cm³/mol. The summed E-state index contributed by atoms with van der Waals surface area (Å²) in [6, 6.07) is 79.9. The van der Waals surface area contributed by atoms with Crippen LogP contribution < -0.4 is 0 Å². The van der Waals surface area contributed by atoms with Crippen LogP contribution in [0.5, 0.6) is 0 Å². The number of benzene rings is 12. The van der Waals surface area contributed by atoms with Crippen molar-refractivity contribution in [1.29, 1.82) is 0 Å². The van der Waals surface area contributed by atoms with E-state index in [1.165, 1.54) is 108 Å². The van der Waals surface area contributed by atoms with Crippen LogP contribution in [0.1, 0.15) is 0 Å². The van der Waals surface area contributed by atoms with Crippen molar-refractivity contribution in [3.05, 3.63) is 218 Å². The maximum absolute atomic E-state index is 6.29. The number of hydrogen-bond donors (Lipinski definition) is 0. The minimum atomic E-state index is 0.906. The van der Waals surface area contributed by atoms with Crippen molar-refractivity contribution in [2.75, 3.05) is 0 Å². The summed E-state index contributed by atoms with van der Waals surface area (Å²) in [6.45, 7) is 0. The summed E-state index contributed by atoms with van der Waals surface area (Å²) >= 11 is 1.91. The molecule has 0 spiro atoms. The first kappa shape index (κ1) is 36.8. The molecule has 3 aromatic heterocycles. The van der Waals surface area contributed by atoms with Gasteiger partial charge in [-0.3, -0.25) is 0 Å². The fraction of sp³-hybridized carbons (Fsp3) is 0. The lowest BCUT2D eigenvalue weighted by Gasteiger charge is -2.19. The molecular weight excluding hydrogens is 833 g/mol. The number of thiophene rings is 1. The molecule has 3 heterocycles. The Bertz CT molecular complexity index is 4470. The lowest BCUT2D eigenvalue weighted by Crippen LogP contribution is -1.91. The Hall–Kier alpha value is -8.50. The predicted octanol–water partition coefficient (Wildman–Crippen LogP) is 19.1. The van der Waals surface area contributed by atoms with Crippen LogP contribution in [0.15, 0.2) is 227 Å². The zero-order chi connectivity index (χ0) is 43.7. The Kier molecular flexibility index (Phi) is 7.69. The van der Waals surface area contributed by atoms with E-state index in [1.807, 2.05) is 23.5 Å². The molecule has 67 heavy (non-hydrogen) atoms. The van der Waals surface area contributed by atoms with E-state index in [-0.39, 0.29) is 0 Å². The van der Waals surface area contributed by atoms with Crippen LogP contribution in [-0.4, -0.2) is 0 Å². The van der Waals surface area contributed by atoms with Crippen molar-refractivity contribution in [3.8, 4) is 44.5 Å². The second-order valence-corrected chi connectivity index (χ2v) is 18.8. The second kappa shape index (κ2) is 14.0. The van der Waals surface area contributed by atoms with E-state index in [0.29, 0.717) is 0 Å². The number of furan rings is 2. The Morgan fingerprint density at radius 3 is 1.09 bits per heavy atom. The third-order valence-electron chi connectivity index (χ3n) is 14.3. The molecule has 0 N–H and O–H groups in total. The monoisotopic (exact) mass is 868 g/mol. The molecule has 12 aromatic carbocycles. The van der Waals surface area contributed by atoms with Crippen LogP contribution in [0.25, 0.3) is 152 Å². The first-order chi connectivity index (χ1) is 33.2. The van der Waals surface area contributed by atoms with Gasteiger partial charge in [-0.05, 0) is 124 Å². The first-order valence-corrected chi connectivity index (χ1v) is 23.7. The van der Waals surface area contributed by atoms with Gasteiger partial charge in [0.25, 0.3) is 0 Å². The third kappa shape index (κ3) is 5.26. The molecule has 0 saturated heterocycles. The van der Waals surface area contributed by atoms with Gasteiger partial charge < -0.3 is 8.83 Å². The van der Waals surface area contributed by atoms with Gasteiger partial charge in [-0.15, -0.1) is 11.3 Å². The largest absolute Gasteiger partial charge is 0.456 e. The van der Waals surface area contributed by atoms with Gasteiger partial charge in [-0.1, -0.05) is 176 Å². The quantitative estimate of drug-likeness (QED) is 0.165. The van der Waals surface area contributed by atoms with Gasteiger partial charge in [0.05, 0.1) is 0 Å². The molecule has 0 amide bonds. The molecule has 0 aliphatic rings. The molecule has 0 atom stereocenters. The zero-order valence-corrected chi connectivity index (χ0v) is 36.8. The molecule has 0 unspecified atom stereocenters. The Balaban J connectivity index is 0.977. The van der Waals surface area contributed by atoms with Crippen LogP contribution in [0.4, 0.5) is 0 Å². The molecular formula is C64H36O2S. The molecule has 0 radical (unpaired) electrons. The fourth-order valence-electron chi connectivity index (χ4n) is 11.5. The maximum Gasteiger partial charge on any atom is 0.135 e. The minimum absolute atomic E-state index is 0.906. The Morgan fingerprint density at radius 2 is 0.612 bits per heavy atom. The van der Waals surface area contributed by atoms with Crippen molar-refractivity contribution in [2.45, 2.75) is 0 Å². The van der Waals surface area contributed by atoms with Crippen molar-refractivity contribution in [2.24, 2.45) is 0 Å². The van der Waals surface area contributed by atoms with Crippen molar-refractivity contribution in [3.63, 3.8) is 0 Å². The Labute approximate surface area is 388 Å². The van der Waals surface area contributed by atoms with E-state index in [9.17, 15) is 0 Å². The summed E-state index contributed by atoms with van der Waals surface area (Å²) < 4.78 is 15.1. The zero-order valence-electron chi connectivity index (χ0n) is 36.0. The number of rotatable bonds is 4. The van der Waals surface area contributed by atoms with Gasteiger partial charge in [0, 0.05) is 47.3 Å². The summed E-state index contributed by atoms with van der Waals surface area (Å²) in [5.74, 6) is 0. The van der Waals surface area contributed by atoms with E-state index in [0.717, 1.165) is 43.9 Å². The molecule has 0 saturated carbocycles. The van der Waals surface area contributed by atoms with Crippen LogP contribution >= 0.6 is 11.3 Å². The van der Waals surface area contributed by atoms with Gasteiger partial charge in [0.15, 0.2) is 0 Å². The first-order valence-electron chi connectivity index (χ1n) is 22.9. The highest BCUT2D eigenvalue weighted by Crippen LogP contribution is 2.52. The highest BCUT2D eigenvalue weighted by Gasteiger charge is 2.24. The van der Waals surface area contributed by atoms with E-state index in [2.05, 4.69) is 206 Å². The number of fused-ring (bicyclic) bond motifs is 13. The van der Waals surface area contributed by atoms with Crippen LogP contribution in [0.2, 0.25) is 0 Å². The molecule has 3 heteroatoms. The summed E-state index contributed by atoms with van der Waals surface area (Å²) in [7, 11) is 0. The summed E-state index contributed by atoms with van der Waals surface area (Å²) in [4.78, 5) is 0. The van der Waals surface area contributed by atoms with Gasteiger partial charge in [-0.2, -0.15) is 0 Å². The molecule has 310 valence electrons. The SMILES string of the molecule is c1ccc2c(c1)oc1ccc(-c3c4ccccc4c(-c4cccc5c4sc4cccc(-c6c7ccccc7c(-c7ccc8oc9ccccc9c8c7)c7ccccc67)c45)c4ccccc34)cc12. The fourth-order valence-corrected chi connectivity index (χ4v) is 12.7. The van der Waals surface area contributed by atoms with Crippen molar-refractivity contribution in [1.82, 2.24) is 0 Å². The van der Waals surface area contributed by atoms with Gasteiger partial charge in [0.1, 0.15) is 22.3 Å². The smallest absolute Gasteiger partial charge is 0.135 e. The lowest BCUT2D eigenvalue weighted by atomic mass is 9.84. The van der Waals surface area contributed by atoms with Gasteiger partial charge in [-0.25, -0.2) is 0 Å². The molecule has 15 aromatic rings. The molecule has 0 bridgehead atoms. The Morgan fingerprint density at radius 1 is 0.254 bits per heavy atom. The van der Waals surface area contributed by atoms with Gasteiger partial charge >= 0.3 is 0 Å². The van der Waals surface area contributed by atoms with Gasteiger partial charge in [0.2, 0.25) is 0 Å². The van der Waals surface area contributed by atoms with Crippen LogP contribution in [0.3, 0.4) is 0 Å². The minimum Gasteiger partial charge on any atom is -0.456 e. The molecule has 0 aliphatic heterocycles. The summed E-state index contributed by atoms with van der Waals surface area (Å²) in [6.07, 6.45) is 0. The van der Waals surface area contributed by atoms with E-state index in [4.69, 9.17) is 8.83 Å². The van der Waals surface area contributed by atoms with Crippen LogP contribution in [-0.2, 0) is 0 Å². The highest BCUT2D eigenvalue weighted by molar-refractivity contribution is 7.26. The van der Waals surface area contributed by atoms with Crippen molar-refractivity contribution < 1.29 is 8.83 Å². The summed E-state index contributed by atoms with van der Waals surface area (Å²) in [5.41, 5.74) is 13.5. The number of hydrogen-bond acceptors (Lipinski definition) is 3. The molecule has 2 nitrogen and oxygen atoms in total. The van der Waals surface area contributed by atoms with E-state index < -0.39 is 0 Å². The molecule has 15 rings (SSSR count). The van der Waals surface area contributed by atoms with Crippen LogP contribution in [0, 0.1) is 0 Å². The van der Waals surface area contributed by atoms with E-state index >= 15 is 0 Å². The molecule has 0 fully saturated rings. The third-order valence-corrected chi connectivity index (χ3v) is 15.5. The highest BCUT2D eigenvalue weighted by atomic mass is 32.1. The second-order valence-electron chi connectivity index (χ2n) is 17.8. The standard InChI is InChI=1S/C64H36O2S/c1-5-21-45-41(17-1)59(37-31-33-56-52(35-37)39-15-9-11-28-54(39)65-56)42-18-2-6-22-46(42)61(45)49-25-14-30-58-63(49)51-27-13-26-50(64(51)67-58)62-47-23-7-3-19-43(47)60(44-20-4-8-24-48(44)62)38-32-34-57-53(36-38)40-16-10-12-29-55(40)66-57/h1-36H. The summed E-state index contributed by atoms with van der Waals surface area (Å²) in [5, 5.41) is 17.0. The average Bonchev–Trinajstić information content (AvgIpc) is 4.08.